The first-order valence-electron chi connectivity index (χ1n) is 9.81. The maximum absolute atomic E-state index is 12.9. The standard InChI is InChI=1S/C24H18ClN3O4S/c1-31-24(29)20-4-2-3-5-21(20)32-22-14-18(15-33(30)19-8-6-17(25)7-9-19)27-23(28-22)16-10-12-26-13-11-16/h2-14H,15H2,1H3. The normalized spacial score (nSPS) is 11.6. The van der Waals surface area contributed by atoms with Crippen molar-refractivity contribution in [3.63, 3.8) is 0 Å². The molecule has 2 heterocycles. The molecule has 7 nitrogen and oxygen atoms in total. The fourth-order valence-corrected chi connectivity index (χ4v) is 4.13. The first kappa shape index (κ1) is 22.7. The molecule has 9 heteroatoms. The Bertz CT molecular complexity index is 1260. The molecule has 0 radical (unpaired) electrons. The molecular formula is C24H18ClN3O4S. The van der Waals surface area contributed by atoms with Crippen LogP contribution in [0.25, 0.3) is 11.4 Å². The lowest BCUT2D eigenvalue weighted by Crippen LogP contribution is -2.09. The SMILES string of the molecule is COC(=O)c1ccccc1Oc1cc(C[S+]([O-])c2ccc(Cl)cc2)nc(-c2ccncc2)n1. The zero-order chi connectivity index (χ0) is 23.2. The molecule has 0 fully saturated rings. The van der Waals surface area contributed by atoms with Crippen LogP contribution in [-0.4, -0.2) is 32.6 Å². The number of para-hydroxylation sites is 1. The van der Waals surface area contributed by atoms with E-state index >= 15 is 0 Å². The molecule has 33 heavy (non-hydrogen) atoms. The van der Waals surface area contributed by atoms with Crippen molar-refractivity contribution in [1.82, 2.24) is 15.0 Å². The van der Waals surface area contributed by atoms with Crippen LogP contribution >= 0.6 is 11.6 Å². The van der Waals surface area contributed by atoms with Crippen molar-refractivity contribution in [2.24, 2.45) is 0 Å². The van der Waals surface area contributed by atoms with Crippen LogP contribution in [0.2, 0.25) is 5.02 Å². The summed E-state index contributed by atoms with van der Waals surface area (Å²) in [4.78, 5) is 25.8. The number of hydrogen-bond donors (Lipinski definition) is 0. The van der Waals surface area contributed by atoms with Gasteiger partial charge in [0.25, 0.3) is 0 Å². The topological polar surface area (TPSA) is 97.3 Å². The van der Waals surface area contributed by atoms with Crippen molar-refractivity contribution in [1.29, 1.82) is 0 Å². The average Bonchev–Trinajstić information content (AvgIpc) is 2.84. The van der Waals surface area contributed by atoms with Gasteiger partial charge in [-0.1, -0.05) is 23.7 Å². The Morgan fingerprint density at radius 2 is 1.76 bits per heavy atom. The van der Waals surface area contributed by atoms with Crippen LogP contribution in [0, 0.1) is 0 Å². The smallest absolute Gasteiger partial charge is 0.341 e. The molecule has 1 unspecified atom stereocenters. The summed E-state index contributed by atoms with van der Waals surface area (Å²) in [5.74, 6) is 0.480. The van der Waals surface area contributed by atoms with Crippen LogP contribution in [0.5, 0.6) is 11.6 Å². The Kier molecular flexibility index (Phi) is 7.19. The van der Waals surface area contributed by atoms with Crippen LogP contribution in [-0.2, 0) is 21.7 Å². The molecule has 0 aliphatic carbocycles. The third kappa shape index (κ3) is 5.67. The number of methoxy groups -OCH3 is 1. The number of rotatable bonds is 7. The van der Waals surface area contributed by atoms with Crippen molar-refractivity contribution in [2.75, 3.05) is 7.11 Å². The number of halogens is 1. The number of nitrogens with zero attached hydrogens (tertiary/aromatic N) is 3. The third-order valence-corrected chi connectivity index (χ3v) is 6.16. The Morgan fingerprint density at radius 1 is 1.03 bits per heavy atom. The minimum absolute atomic E-state index is 0.136. The summed E-state index contributed by atoms with van der Waals surface area (Å²) < 4.78 is 23.7. The van der Waals surface area contributed by atoms with E-state index in [0.717, 1.165) is 5.56 Å². The van der Waals surface area contributed by atoms with Crippen molar-refractivity contribution in [2.45, 2.75) is 10.6 Å². The molecule has 2 aromatic heterocycles. The quantitative estimate of drug-likeness (QED) is 0.269. The summed E-state index contributed by atoms with van der Waals surface area (Å²) in [6.07, 6.45) is 3.26. The monoisotopic (exact) mass is 479 g/mol. The molecule has 0 saturated heterocycles. The molecule has 4 aromatic rings. The van der Waals surface area contributed by atoms with Crippen molar-refractivity contribution in [3.05, 3.63) is 95.4 Å². The summed E-state index contributed by atoms with van der Waals surface area (Å²) in [7, 11) is 1.30. The average molecular weight is 480 g/mol. The van der Waals surface area contributed by atoms with Gasteiger partial charge in [0, 0.05) is 29.0 Å². The molecule has 0 saturated carbocycles. The second kappa shape index (κ2) is 10.4. The highest BCUT2D eigenvalue weighted by Gasteiger charge is 2.18. The van der Waals surface area contributed by atoms with Gasteiger partial charge in [0.05, 0.1) is 12.8 Å². The number of pyridine rings is 1. The maximum atomic E-state index is 12.9. The zero-order valence-corrected chi connectivity index (χ0v) is 19.0. The lowest BCUT2D eigenvalue weighted by Gasteiger charge is -2.13. The number of hydrogen-bond acceptors (Lipinski definition) is 7. The summed E-state index contributed by atoms with van der Waals surface area (Å²) in [5.41, 5.74) is 1.49. The van der Waals surface area contributed by atoms with Gasteiger partial charge in [0.1, 0.15) is 11.3 Å². The summed E-state index contributed by atoms with van der Waals surface area (Å²) >= 11 is 4.57. The molecule has 0 N–H and O–H groups in total. The van der Waals surface area contributed by atoms with Gasteiger partial charge in [-0.2, -0.15) is 4.98 Å². The largest absolute Gasteiger partial charge is 0.611 e. The molecule has 0 aliphatic rings. The predicted octanol–water partition coefficient (Wildman–Crippen LogP) is 5.08. The maximum Gasteiger partial charge on any atom is 0.341 e. The van der Waals surface area contributed by atoms with E-state index in [1.165, 1.54) is 7.11 Å². The van der Waals surface area contributed by atoms with E-state index < -0.39 is 17.1 Å². The lowest BCUT2D eigenvalue weighted by molar-refractivity contribution is 0.0598. The summed E-state index contributed by atoms with van der Waals surface area (Å²) in [6.45, 7) is 0. The minimum atomic E-state index is -1.37. The molecular weight excluding hydrogens is 462 g/mol. The second-order valence-corrected chi connectivity index (χ2v) is 8.68. The van der Waals surface area contributed by atoms with Crippen LogP contribution < -0.4 is 4.74 Å². The van der Waals surface area contributed by atoms with Gasteiger partial charge in [-0.15, -0.1) is 0 Å². The molecule has 0 amide bonds. The molecule has 166 valence electrons. The van der Waals surface area contributed by atoms with Crippen LogP contribution in [0.3, 0.4) is 0 Å². The Morgan fingerprint density at radius 3 is 2.48 bits per heavy atom. The van der Waals surface area contributed by atoms with Gasteiger partial charge in [-0.25, -0.2) is 9.78 Å². The van der Waals surface area contributed by atoms with Crippen LogP contribution in [0.1, 0.15) is 16.1 Å². The van der Waals surface area contributed by atoms with E-state index in [9.17, 15) is 9.35 Å². The highest BCUT2D eigenvalue weighted by Crippen LogP contribution is 2.28. The Hall–Kier alpha value is -3.46. The highest BCUT2D eigenvalue weighted by molar-refractivity contribution is 7.90. The number of aromatic nitrogens is 3. The zero-order valence-electron chi connectivity index (χ0n) is 17.5. The minimum Gasteiger partial charge on any atom is -0.611 e. The van der Waals surface area contributed by atoms with Gasteiger partial charge in [0.2, 0.25) is 5.88 Å². The molecule has 4 rings (SSSR count). The highest BCUT2D eigenvalue weighted by atomic mass is 35.5. The van der Waals surface area contributed by atoms with E-state index in [1.807, 2.05) is 0 Å². The van der Waals surface area contributed by atoms with E-state index in [1.54, 1.807) is 79.1 Å². The van der Waals surface area contributed by atoms with E-state index in [0.29, 0.717) is 21.4 Å². The van der Waals surface area contributed by atoms with E-state index in [4.69, 9.17) is 21.1 Å². The number of carbonyl (C=O) groups is 1. The number of ether oxygens (including phenoxy) is 2. The predicted molar refractivity (Wildman–Crippen MR) is 125 cm³/mol. The number of benzene rings is 2. The Balaban J connectivity index is 1.70. The molecule has 0 spiro atoms. The van der Waals surface area contributed by atoms with E-state index in [2.05, 4.69) is 15.0 Å². The second-order valence-electron chi connectivity index (χ2n) is 6.79. The summed E-state index contributed by atoms with van der Waals surface area (Å²) in [5, 5.41) is 0.567. The number of esters is 1. The van der Waals surface area contributed by atoms with Gasteiger partial charge in [0.15, 0.2) is 16.5 Å². The third-order valence-electron chi connectivity index (χ3n) is 4.56. The van der Waals surface area contributed by atoms with Gasteiger partial charge >= 0.3 is 5.97 Å². The molecule has 0 bridgehead atoms. The van der Waals surface area contributed by atoms with Crippen LogP contribution in [0.4, 0.5) is 0 Å². The van der Waals surface area contributed by atoms with Gasteiger partial charge in [-0.3, -0.25) is 4.98 Å². The molecule has 1 atom stereocenters. The van der Waals surface area contributed by atoms with Crippen LogP contribution in [0.15, 0.2) is 84.0 Å². The van der Waals surface area contributed by atoms with Crippen molar-refractivity contribution in [3.8, 4) is 23.0 Å². The first-order valence-corrected chi connectivity index (χ1v) is 11.5. The van der Waals surface area contributed by atoms with E-state index in [-0.39, 0.29) is 22.9 Å². The van der Waals surface area contributed by atoms with Crippen molar-refractivity contribution < 1.29 is 18.8 Å². The first-order chi connectivity index (χ1) is 16.0. The van der Waals surface area contributed by atoms with Gasteiger partial charge in [-0.05, 0) is 59.7 Å². The molecule has 0 aliphatic heterocycles. The van der Waals surface area contributed by atoms with Crippen molar-refractivity contribution >= 4 is 28.7 Å². The fraction of sp³-hybridized carbons (Fsp3) is 0.0833. The lowest BCUT2D eigenvalue weighted by atomic mass is 10.2. The Labute approximate surface area is 198 Å². The molecule has 2 aromatic carbocycles. The van der Waals surface area contributed by atoms with Gasteiger partial charge < -0.3 is 14.0 Å². The number of carbonyl (C=O) groups excluding carboxylic acids is 1. The fourth-order valence-electron chi connectivity index (χ4n) is 2.98. The summed E-state index contributed by atoms with van der Waals surface area (Å²) in [6, 6.07) is 18.6.